The van der Waals surface area contributed by atoms with Gasteiger partial charge in [0.15, 0.2) is 0 Å². The van der Waals surface area contributed by atoms with Crippen LogP contribution in [0.1, 0.15) is 42.0 Å². The molecular weight excluding hydrogens is 431 g/mol. The lowest BCUT2D eigenvalue weighted by Gasteiger charge is -2.69. The molecule has 0 spiro atoms. The summed E-state index contributed by atoms with van der Waals surface area (Å²) in [6, 6.07) is 14.0. The fourth-order valence-corrected chi connectivity index (χ4v) is 5.98. The van der Waals surface area contributed by atoms with E-state index in [1.807, 2.05) is 18.2 Å². The maximum atomic E-state index is 13.5. The van der Waals surface area contributed by atoms with Gasteiger partial charge in [0.25, 0.3) is 0 Å². The zero-order valence-corrected chi connectivity index (χ0v) is 18.8. The predicted octanol–water partition coefficient (Wildman–Crippen LogP) is 3.22. The first-order valence-corrected chi connectivity index (χ1v) is 13.0. The Balaban J connectivity index is 1.28. The molecular formula is C24H27FN2O4S. The van der Waals surface area contributed by atoms with Crippen LogP contribution in [0.4, 0.5) is 9.18 Å². The molecule has 1 heterocycles. The van der Waals surface area contributed by atoms with Gasteiger partial charge in [-0.15, -0.1) is 0 Å². The van der Waals surface area contributed by atoms with Crippen LogP contribution in [-0.4, -0.2) is 55.6 Å². The van der Waals surface area contributed by atoms with Gasteiger partial charge >= 0.3 is 6.09 Å². The molecule has 6 nitrogen and oxygen atoms in total. The van der Waals surface area contributed by atoms with Crippen LogP contribution in [0.3, 0.4) is 0 Å². The van der Waals surface area contributed by atoms with Gasteiger partial charge < -0.3 is 10.1 Å². The average molecular weight is 459 g/mol. The molecule has 3 saturated carbocycles. The SMILES string of the molecule is CS(=O)(=O)CCNC12CC(OC(=O)N3CCc4ccccc4[C@@H]3c3ccc(F)cc3)(C1)C2. The molecule has 3 aliphatic carbocycles. The first kappa shape index (κ1) is 21.4. The third-order valence-electron chi connectivity index (χ3n) is 6.96. The largest absolute Gasteiger partial charge is 0.443 e. The zero-order valence-electron chi connectivity index (χ0n) is 18.0. The highest BCUT2D eigenvalue weighted by atomic mass is 32.2. The van der Waals surface area contributed by atoms with Crippen LogP contribution in [0.5, 0.6) is 0 Å². The number of fused-ring (bicyclic) bond motifs is 1. The number of benzene rings is 2. The number of hydrogen-bond acceptors (Lipinski definition) is 5. The van der Waals surface area contributed by atoms with Crippen molar-refractivity contribution in [1.29, 1.82) is 0 Å². The van der Waals surface area contributed by atoms with E-state index in [0.717, 1.165) is 17.5 Å². The first-order valence-electron chi connectivity index (χ1n) is 10.9. The summed E-state index contributed by atoms with van der Waals surface area (Å²) in [6.07, 6.45) is 3.75. The summed E-state index contributed by atoms with van der Waals surface area (Å²) >= 11 is 0. The van der Waals surface area contributed by atoms with Gasteiger partial charge in [0.1, 0.15) is 21.3 Å². The van der Waals surface area contributed by atoms with E-state index in [-0.39, 0.29) is 29.2 Å². The topological polar surface area (TPSA) is 75.7 Å². The van der Waals surface area contributed by atoms with Gasteiger partial charge in [0, 0.05) is 44.1 Å². The van der Waals surface area contributed by atoms with Gasteiger partial charge in [-0.3, -0.25) is 4.90 Å². The van der Waals surface area contributed by atoms with Crippen molar-refractivity contribution in [1.82, 2.24) is 10.2 Å². The number of carbonyl (C=O) groups is 1. The van der Waals surface area contributed by atoms with E-state index < -0.39 is 15.4 Å². The molecule has 1 atom stereocenters. The van der Waals surface area contributed by atoms with Crippen LogP contribution < -0.4 is 5.32 Å². The zero-order chi connectivity index (χ0) is 22.6. The third kappa shape index (κ3) is 3.90. The molecule has 0 radical (unpaired) electrons. The molecule has 6 rings (SSSR count). The first-order chi connectivity index (χ1) is 15.2. The Bertz CT molecular complexity index is 1130. The summed E-state index contributed by atoms with van der Waals surface area (Å²) in [5.41, 5.74) is 2.52. The number of hydrogen-bond donors (Lipinski definition) is 1. The number of amides is 1. The highest BCUT2D eigenvalue weighted by Gasteiger charge is 2.70. The summed E-state index contributed by atoms with van der Waals surface area (Å²) < 4.78 is 42.2. The minimum atomic E-state index is -3.00. The predicted molar refractivity (Wildman–Crippen MR) is 119 cm³/mol. The van der Waals surface area contributed by atoms with Crippen LogP contribution in [-0.2, 0) is 21.0 Å². The van der Waals surface area contributed by atoms with Gasteiger partial charge in [-0.25, -0.2) is 17.6 Å². The van der Waals surface area contributed by atoms with Crippen molar-refractivity contribution in [2.45, 2.75) is 42.9 Å². The van der Waals surface area contributed by atoms with Gasteiger partial charge in [-0.05, 0) is 35.2 Å². The number of halogens is 1. The molecule has 0 aromatic heterocycles. The van der Waals surface area contributed by atoms with E-state index in [1.165, 1.54) is 24.0 Å². The van der Waals surface area contributed by atoms with Gasteiger partial charge in [0.2, 0.25) is 0 Å². The Morgan fingerprint density at radius 3 is 2.53 bits per heavy atom. The fraction of sp³-hybridized carbons (Fsp3) is 0.458. The Hall–Kier alpha value is -2.45. The molecule has 2 aromatic carbocycles. The number of ether oxygens (including phenoxy) is 1. The molecule has 1 aliphatic heterocycles. The van der Waals surface area contributed by atoms with Crippen molar-refractivity contribution in [2.75, 3.05) is 25.1 Å². The lowest BCUT2D eigenvalue weighted by molar-refractivity contribution is -0.223. The normalized spacial score (nSPS) is 28.3. The average Bonchev–Trinajstić information content (AvgIpc) is 2.70. The minimum Gasteiger partial charge on any atom is -0.443 e. The van der Waals surface area contributed by atoms with Crippen LogP contribution in [0.15, 0.2) is 48.5 Å². The quantitative estimate of drug-likeness (QED) is 0.720. The van der Waals surface area contributed by atoms with E-state index >= 15 is 0 Å². The Kier molecular flexibility index (Phi) is 5.05. The number of nitrogens with zero attached hydrogens (tertiary/aromatic N) is 1. The molecule has 8 heteroatoms. The smallest absolute Gasteiger partial charge is 0.411 e. The lowest BCUT2D eigenvalue weighted by Crippen LogP contribution is -2.79. The summed E-state index contributed by atoms with van der Waals surface area (Å²) in [6.45, 7) is 0.949. The van der Waals surface area contributed by atoms with Crippen molar-refractivity contribution in [3.05, 3.63) is 71.0 Å². The lowest BCUT2D eigenvalue weighted by atomic mass is 9.46. The van der Waals surface area contributed by atoms with Crippen molar-refractivity contribution < 1.29 is 22.3 Å². The number of rotatable bonds is 6. The van der Waals surface area contributed by atoms with Crippen LogP contribution in [0, 0.1) is 5.82 Å². The van der Waals surface area contributed by atoms with E-state index in [1.54, 1.807) is 17.0 Å². The van der Waals surface area contributed by atoms with Gasteiger partial charge in [-0.1, -0.05) is 36.4 Å². The maximum Gasteiger partial charge on any atom is 0.411 e. The van der Waals surface area contributed by atoms with Crippen molar-refractivity contribution in [3.63, 3.8) is 0 Å². The number of carbonyl (C=O) groups excluding carboxylic acids is 1. The number of sulfone groups is 1. The van der Waals surface area contributed by atoms with Crippen LogP contribution in [0.2, 0.25) is 0 Å². The molecule has 0 saturated heterocycles. The Labute approximate surface area is 187 Å². The van der Waals surface area contributed by atoms with E-state index in [0.29, 0.717) is 32.4 Å². The monoisotopic (exact) mass is 458 g/mol. The maximum absolute atomic E-state index is 13.5. The van der Waals surface area contributed by atoms with Crippen LogP contribution in [0.25, 0.3) is 0 Å². The fourth-order valence-electron chi connectivity index (χ4n) is 5.50. The highest BCUT2D eigenvalue weighted by Crippen LogP contribution is 2.62. The Morgan fingerprint density at radius 2 is 1.84 bits per heavy atom. The van der Waals surface area contributed by atoms with Crippen molar-refractivity contribution >= 4 is 15.9 Å². The molecule has 32 heavy (non-hydrogen) atoms. The molecule has 1 amide bonds. The van der Waals surface area contributed by atoms with E-state index in [2.05, 4.69) is 11.4 Å². The van der Waals surface area contributed by atoms with Crippen molar-refractivity contribution in [2.24, 2.45) is 0 Å². The van der Waals surface area contributed by atoms with Crippen LogP contribution >= 0.6 is 0 Å². The second-order valence-electron chi connectivity index (χ2n) is 9.51. The van der Waals surface area contributed by atoms with Gasteiger partial charge in [0.05, 0.1) is 11.8 Å². The second-order valence-corrected chi connectivity index (χ2v) is 11.8. The minimum absolute atomic E-state index is 0.101. The number of nitrogens with one attached hydrogen (secondary N) is 1. The summed E-state index contributed by atoms with van der Waals surface area (Å²) in [4.78, 5) is 15.0. The Morgan fingerprint density at radius 1 is 1.16 bits per heavy atom. The molecule has 1 N–H and O–H groups in total. The van der Waals surface area contributed by atoms with Crippen molar-refractivity contribution in [3.8, 4) is 0 Å². The molecule has 3 fully saturated rings. The third-order valence-corrected chi connectivity index (χ3v) is 7.91. The molecule has 2 aromatic rings. The highest BCUT2D eigenvalue weighted by molar-refractivity contribution is 7.90. The molecule has 170 valence electrons. The summed E-state index contributed by atoms with van der Waals surface area (Å²) in [5, 5.41) is 3.33. The summed E-state index contributed by atoms with van der Waals surface area (Å²) in [7, 11) is -3.00. The van der Waals surface area contributed by atoms with Gasteiger partial charge in [-0.2, -0.15) is 0 Å². The molecule has 2 bridgehead atoms. The summed E-state index contributed by atoms with van der Waals surface area (Å²) in [5.74, 6) is -0.205. The standard InChI is InChI=1S/C24H27FN2O4S/c1-32(29,30)13-11-26-23-14-24(15-23,16-23)31-22(28)27-12-10-17-4-2-3-5-20(17)21(27)18-6-8-19(25)9-7-18/h2-9,21,26H,10-16H2,1H3/t21-,23?,24?/m0/s1. The molecule has 0 unspecified atom stereocenters. The van der Waals surface area contributed by atoms with E-state index in [9.17, 15) is 17.6 Å². The molecule has 4 aliphatic rings. The van der Waals surface area contributed by atoms with E-state index in [4.69, 9.17) is 4.74 Å². The second kappa shape index (κ2) is 7.56.